The summed E-state index contributed by atoms with van der Waals surface area (Å²) < 4.78 is 0. The van der Waals surface area contributed by atoms with Gasteiger partial charge in [-0.05, 0) is 6.92 Å². The Kier molecular flexibility index (Phi) is 6.47. The molecule has 1 rings (SSSR count). The van der Waals surface area contributed by atoms with Gasteiger partial charge in [0.25, 0.3) is 0 Å². The quantitative estimate of drug-likeness (QED) is 0.294. The number of nitrogens with two attached hydrogens (primary N) is 1. The maximum Gasteiger partial charge on any atom is 0.247 e. The molecule has 4 atom stereocenters. The first-order valence-corrected chi connectivity index (χ1v) is 7.01. The maximum absolute atomic E-state index is 12.0. The SMILES string of the molecule is C[C@@H](NC(=O)C1=C[C@@H](NC(=O)CC[NH3+])[C@@H](O)[C@H](O)C1)C(N)=O. The van der Waals surface area contributed by atoms with Gasteiger partial charge in [-0.25, -0.2) is 0 Å². The molecular formula is C13H23N4O5+. The van der Waals surface area contributed by atoms with E-state index in [1.807, 2.05) is 0 Å². The highest BCUT2D eigenvalue weighted by Crippen LogP contribution is 2.20. The lowest BCUT2D eigenvalue weighted by Gasteiger charge is -2.31. The van der Waals surface area contributed by atoms with Gasteiger partial charge < -0.3 is 32.3 Å². The van der Waals surface area contributed by atoms with Crippen LogP contribution >= 0.6 is 0 Å². The fourth-order valence-electron chi connectivity index (χ4n) is 2.04. The van der Waals surface area contributed by atoms with Crippen LogP contribution in [0.5, 0.6) is 0 Å². The molecule has 0 spiro atoms. The third-order valence-corrected chi connectivity index (χ3v) is 3.37. The smallest absolute Gasteiger partial charge is 0.247 e. The first-order valence-electron chi connectivity index (χ1n) is 7.01. The summed E-state index contributed by atoms with van der Waals surface area (Å²) in [5.41, 5.74) is 8.79. The fraction of sp³-hybridized carbons (Fsp3) is 0.615. The third-order valence-electron chi connectivity index (χ3n) is 3.37. The van der Waals surface area contributed by atoms with Gasteiger partial charge >= 0.3 is 0 Å². The number of carbonyl (C=O) groups is 3. The first kappa shape index (κ1) is 18.1. The molecule has 0 saturated heterocycles. The van der Waals surface area contributed by atoms with Crippen LogP contribution in [0.1, 0.15) is 19.8 Å². The zero-order valence-corrected chi connectivity index (χ0v) is 12.4. The Morgan fingerprint density at radius 1 is 1.45 bits per heavy atom. The topological polar surface area (TPSA) is 169 Å². The molecule has 0 fully saturated rings. The molecule has 9 heteroatoms. The van der Waals surface area contributed by atoms with Crippen molar-refractivity contribution >= 4 is 17.7 Å². The molecule has 9 nitrogen and oxygen atoms in total. The number of amides is 3. The normalized spacial score (nSPS) is 25.8. The van der Waals surface area contributed by atoms with Crippen molar-refractivity contribution in [3.63, 3.8) is 0 Å². The van der Waals surface area contributed by atoms with Crippen LogP contribution in [0.4, 0.5) is 0 Å². The number of aliphatic hydroxyl groups excluding tert-OH is 2. The molecule has 0 aromatic carbocycles. The number of aliphatic hydroxyl groups is 2. The lowest BCUT2D eigenvalue weighted by Crippen LogP contribution is -2.55. The van der Waals surface area contributed by atoms with Crippen molar-refractivity contribution in [2.45, 2.75) is 44.1 Å². The van der Waals surface area contributed by atoms with E-state index in [-0.39, 0.29) is 24.3 Å². The average Bonchev–Trinajstić information content (AvgIpc) is 2.43. The third kappa shape index (κ3) is 4.79. The predicted octanol–water partition coefficient (Wildman–Crippen LogP) is -3.85. The Morgan fingerprint density at radius 3 is 2.64 bits per heavy atom. The Balaban J connectivity index is 2.82. The van der Waals surface area contributed by atoms with E-state index in [0.29, 0.717) is 6.54 Å². The minimum absolute atomic E-state index is 0.0831. The van der Waals surface area contributed by atoms with Crippen molar-refractivity contribution in [1.82, 2.24) is 10.6 Å². The maximum atomic E-state index is 12.0. The van der Waals surface area contributed by atoms with E-state index < -0.39 is 36.1 Å². The van der Waals surface area contributed by atoms with E-state index in [9.17, 15) is 24.6 Å². The molecule has 124 valence electrons. The van der Waals surface area contributed by atoms with E-state index in [1.165, 1.54) is 13.0 Å². The molecule has 1 aliphatic rings. The zero-order chi connectivity index (χ0) is 16.9. The number of quaternary nitrogens is 1. The lowest BCUT2D eigenvalue weighted by molar-refractivity contribution is -0.366. The Hall–Kier alpha value is -1.97. The molecule has 0 radical (unpaired) electrons. The Labute approximate surface area is 127 Å². The van der Waals surface area contributed by atoms with Crippen LogP contribution in [-0.2, 0) is 14.4 Å². The molecule has 3 amide bonds. The molecular weight excluding hydrogens is 292 g/mol. The Morgan fingerprint density at radius 2 is 2.09 bits per heavy atom. The molecule has 0 heterocycles. The van der Waals surface area contributed by atoms with Gasteiger partial charge in [0.2, 0.25) is 17.7 Å². The number of rotatable bonds is 6. The highest BCUT2D eigenvalue weighted by Gasteiger charge is 2.34. The molecule has 0 aromatic heterocycles. The van der Waals surface area contributed by atoms with Crippen molar-refractivity contribution in [3.05, 3.63) is 11.6 Å². The number of carbonyl (C=O) groups excluding carboxylic acids is 3. The van der Waals surface area contributed by atoms with E-state index in [4.69, 9.17) is 5.73 Å². The summed E-state index contributed by atoms with van der Waals surface area (Å²) in [6.45, 7) is 1.83. The van der Waals surface area contributed by atoms with Crippen molar-refractivity contribution < 1.29 is 30.3 Å². The summed E-state index contributed by atoms with van der Waals surface area (Å²) in [7, 11) is 0. The summed E-state index contributed by atoms with van der Waals surface area (Å²) in [5.74, 6) is -1.60. The van der Waals surface area contributed by atoms with Gasteiger partial charge in [-0.15, -0.1) is 0 Å². The van der Waals surface area contributed by atoms with Crippen molar-refractivity contribution in [1.29, 1.82) is 0 Å². The van der Waals surface area contributed by atoms with Gasteiger partial charge in [0, 0.05) is 12.0 Å². The first-order chi connectivity index (χ1) is 10.3. The zero-order valence-electron chi connectivity index (χ0n) is 12.4. The molecule has 0 aromatic rings. The molecule has 0 unspecified atom stereocenters. The summed E-state index contributed by atoms with van der Waals surface area (Å²) in [5, 5.41) is 24.6. The monoisotopic (exact) mass is 315 g/mol. The van der Waals surface area contributed by atoms with E-state index in [0.717, 1.165) is 0 Å². The molecule has 22 heavy (non-hydrogen) atoms. The number of primary amides is 1. The summed E-state index contributed by atoms with van der Waals surface area (Å²) in [6, 6.07) is -1.75. The second-order valence-corrected chi connectivity index (χ2v) is 5.25. The van der Waals surface area contributed by atoms with E-state index in [2.05, 4.69) is 16.4 Å². The summed E-state index contributed by atoms with van der Waals surface area (Å²) in [4.78, 5) is 34.5. The van der Waals surface area contributed by atoms with Crippen molar-refractivity contribution in [2.24, 2.45) is 5.73 Å². The second kappa shape index (κ2) is 7.87. The van der Waals surface area contributed by atoms with Crippen LogP contribution in [0, 0.1) is 0 Å². The van der Waals surface area contributed by atoms with Crippen LogP contribution in [0.15, 0.2) is 11.6 Å². The highest BCUT2D eigenvalue weighted by atomic mass is 16.3. The molecule has 0 saturated carbocycles. The molecule has 0 aliphatic heterocycles. The number of hydrogen-bond acceptors (Lipinski definition) is 5. The van der Waals surface area contributed by atoms with Gasteiger partial charge in [0.15, 0.2) is 0 Å². The Bertz CT molecular complexity index is 479. The van der Waals surface area contributed by atoms with Gasteiger partial charge in [0.1, 0.15) is 12.1 Å². The fourth-order valence-corrected chi connectivity index (χ4v) is 2.04. The van der Waals surface area contributed by atoms with Crippen LogP contribution in [0.3, 0.4) is 0 Å². The molecule has 1 aliphatic carbocycles. The largest absolute Gasteiger partial charge is 0.390 e. The van der Waals surface area contributed by atoms with Crippen LogP contribution < -0.4 is 22.1 Å². The van der Waals surface area contributed by atoms with Crippen molar-refractivity contribution in [3.8, 4) is 0 Å². The van der Waals surface area contributed by atoms with Gasteiger partial charge in [-0.1, -0.05) is 6.08 Å². The number of nitrogens with one attached hydrogen (secondary N) is 2. The minimum atomic E-state index is -1.21. The van der Waals surface area contributed by atoms with Crippen LogP contribution in [0.25, 0.3) is 0 Å². The van der Waals surface area contributed by atoms with Gasteiger partial charge in [0.05, 0.1) is 25.1 Å². The van der Waals surface area contributed by atoms with E-state index >= 15 is 0 Å². The predicted molar refractivity (Wildman–Crippen MR) is 75.8 cm³/mol. The van der Waals surface area contributed by atoms with Gasteiger partial charge in [-0.2, -0.15) is 0 Å². The van der Waals surface area contributed by atoms with Crippen LogP contribution in [0.2, 0.25) is 0 Å². The molecule has 0 bridgehead atoms. The number of hydrogen-bond donors (Lipinski definition) is 6. The van der Waals surface area contributed by atoms with Crippen LogP contribution in [-0.4, -0.2) is 58.8 Å². The second-order valence-electron chi connectivity index (χ2n) is 5.25. The molecule has 9 N–H and O–H groups in total. The van der Waals surface area contributed by atoms with Gasteiger partial charge in [-0.3, -0.25) is 14.4 Å². The summed E-state index contributed by atoms with van der Waals surface area (Å²) >= 11 is 0. The van der Waals surface area contributed by atoms with Crippen molar-refractivity contribution in [2.75, 3.05) is 6.54 Å². The average molecular weight is 315 g/mol. The lowest BCUT2D eigenvalue weighted by atomic mass is 9.89. The van der Waals surface area contributed by atoms with E-state index in [1.54, 1.807) is 0 Å². The standard InChI is InChI=1S/C13H22N4O5/c1-6(12(15)21)16-13(22)7-4-8(11(20)9(18)5-7)17-10(19)2-3-14/h4,6,8-9,11,18,20H,2-3,5,14H2,1H3,(H2,15,21)(H,16,22)(H,17,19)/p+1/t6-,8-,9-,11-/m1/s1. The summed E-state index contributed by atoms with van der Waals surface area (Å²) in [6.07, 6.45) is -0.937. The highest BCUT2D eigenvalue weighted by molar-refractivity contribution is 5.97. The minimum Gasteiger partial charge on any atom is -0.390 e.